The van der Waals surface area contributed by atoms with Crippen molar-refractivity contribution in [3.8, 4) is 0 Å². The number of urea groups is 1. The van der Waals surface area contributed by atoms with Crippen LogP contribution in [0.4, 0.5) is 4.79 Å². The maximum absolute atomic E-state index is 13.7. The quantitative estimate of drug-likeness (QED) is 0.503. The van der Waals surface area contributed by atoms with Gasteiger partial charge in [-0.3, -0.25) is 9.69 Å². The van der Waals surface area contributed by atoms with Crippen LogP contribution in [0.2, 0.25) is 0 Å². The molecule has 34 heavy (non-hydrogen) atoms. The molecular formula is C27H37N3O3S. The zero-order chi connectivity index (χ0) is 24.8. The molecule has 0 aliphatic carbocycles. The van der Waals surface area contributed by atoms with E-state index in [1.165, 1.54) is 4.90 Å². The Morgan fingerprint density at radius 3 is 2.44 bits per heavy atom. The van der Waals surface area contributed by atoms with Crippen LogP contribution in [0.3, 0.4) is 0 Å². The zero-order valence-electron chi connectivity index (χ0n) is 20.7. The van der Waals surface area contributed by atoms with Gasteiger partial charge in [0, 0.05) is 32.8 Å². The van der Waals surface area contributed by atoms with Crippen molar-refractivity contribution >= 4 is 22.9 Å². The highest BCUT2D eigenvalue weighted by Crippen LogP contribution is 2.38. The van der Waals surface area contributed by atoms with E-state index >= 15 is 0 Å². The highest BCUT2D eigenvalue weighted by atomic mass is 32.2. The Morgan fingerprint density at radius 2 is 1.85 bits per heavy atom. The molecule has 3 amide bonds. The molecule has 1 aromatic carbocycles. The van der Waals surface area contributed by atoms with Gasteiger partial charge in [0.25, 0.3) is 0 Å². The molecule has 0 N–H and O–H groups in total. The molecule has 1 aromatic rings. The Morgan fingerprint density at radius 1 is 1.21 bits per heavy atom. The number of carbonyl (C=O) groups is 2. The predicted octanol–water partition coefficient (Wildman–Crippen LogP) is 4.71. The second-order valence-corrected chi connectivity index (χ2v) is 10.6. The number of carbonyl (C=O) groups excluding carboxylic acids is 2. The first-order valence-electron chi connectivity index (χ1n) is 11.9. The van der Waals surface area contributed by atoms with Gasteiger partial charge in [0.05, 0.1) is 23.1 Å². The van der Waals surface area contributed by atoms with E-state index in [1.54, 1.807) is 24.3 Å². The molecule has 0 aromatic heterocycles. The minimum absolute atomic E-state index is 0.0137. The Balaban J connectivity index is 1.87. The normalized spacial score (nSPS) is 24.6. The number of likely N-dealkylation sites (N-methyl/N-ethyl adjacent to an activating group) is 1. The van der Waals surface area contributed by atoms with Gasteiger partial charge >= 0.3 is 6.03 Å². The van der Waals surface area contributed by atoms with Crippen LogP contribution in [0.15, 0.2) is 66.8 Å². The van der Waals surface area contributed by atoms with Crippen LogP contribution in [0.1, 0.15) is 44.7 Å². The number of benzene rings is 1. The lowest BCUT2D eigenvalue weighted by molar-refractivity contribution is -0.130. The van der Waals surface area contributed by atoms with Gasteiger partial charge in [0.2, 0.25) is 5.91 Å². The molecule has 3 rings (SSSR count). The first-order chi connectivity index (χ1) is 16.3. The topological polar surface area (TPSA) is 60.9 Å². The fourth-order valence-electron chi connectivity index (χ4n) is 5.16. The van der Waals surface area contributed by atoms with Crippen molar-refractivity contribution in [2.75, 3.05) is 26.4 Å². The van der Waals surface area contributed by atoms with Crippen LogP contribution < -0.4 is 0 Å². The van der Waals surface area contributed by atoms with Crippen LogP contribution in [-0.2, 0) is 15.8 Å². The Bertz CT molecular complexity index is 967. The average Bonchev–Trinajstić information content (AvgIpc) is 3.07. The maximum atomic E-state index is 13.7. The number of rotatable bonds is 8. The number of allylic oxidation sites excluding steroid dienone is 5. The molecule has 4 unspecified atom stereocenters. The van der Waals surface area contributed by atoms with Gasteiger partial charge in [-0.2, -0.15) is 0 Å². The molecule has 2 aliphatic heterocycles. The second-order valence-electron chi connectivity index (χ2n) is 9.29. The molecule has 0 spiro atoms. The summed E-state index contributed by atoms with van der Waals surface area (Å²) in [6, 6.07) is 9.15. The van der Waals surface area contributed by atoms with Crippen molar-refractivity contribution in [1.82, 2.24) is 14.1 Å². The molecule has 2 saturated heterocycles. The van der Waals surface area contributed by atoms with Gasteiger partial charge < -0.3 is 4.90 Å². The fraction of sp³-hybridized carbons (Fsp3) is 0.481. The monoisotopic (exact) mass is 483 g/mol. The number of hydrogen-bond donors (Lipinski definition) is 0. The summed E-state index contributed by atoms with van der Waals surface area (Å²) in [5.74, 6) is 0.169. The Hall–Kier alpha value is -2.51. The first kappa shape index (κ1) is 26.1. The third-order valence-corrected chi connectivity index (χ3v) is 8.37. The van der Waals surface area contributed by atoms with E-state index in [4.69, 9.17) is 0 Å². The summed E-state index contributed by atoms with van der Waals surface area (Å²) >= 11 is 0. The molecule has 7 heteroatoms. The molecule has 2 aliphatic rings. The largest absolute Gasteiger partial charge is 0.327 e. The summed E-state index contributed by atoms with van der Waals surface area (Å²) in [5.41, 5.74) is 2.09. The van der Waals surface area contributed by atoms with Crippen LogP contribution in [-0.4, -0.2) is 62.7 Å². The van der Waals surface area contributed by atoms with Gasteiger partial charge in [0.1, 0.15) is 0 Å². The van der Waals surface area contributed by atoms with E-state index < -0.39 is 11.0 Å². The fourth-order valence-corrected chi connectivity index (χ4v) is 5.89. The van der Waals surface area contributed by atoms with Crippen LogP contribution >= 0.6 is 0 Å². The Labute approximate surface area is 206 Å². The second kappa shape index (κ2) is 11.8. The number of piperidine rings is 1. The molecule has 0 bridgehead atoms. The molecule has 0 radical (unpaired) electrons. The van der Waals surface area contributed by atoms with Gasteiger partial charge in [-0.15, -0.1) is 0 Å². The maximum Gasteiger partial charge on any atom is 0.327 e. The predicted molar refractivity (Wildman–Crippen MR) is 138 cm³/mol. The van der Waals surface area contributed by atoms with E-state index in [-0.39, 0.29) is 36.4 Å². The molecule has 2 fully saturated rings. The summed E-state index contributed by atoms with van der Waals surface area (Å²) < 4.78 is 13.9. The smallest absolute Gasteiger partial charge is 0.322 e. The van der Waals surface area contributed by atoms with E-state index in [0.717, 1.165) is 37.1 Å². The minimum atomic E-state index is -0.977. The summed E-state index contributed by atoms with van der Waals surface area (Å²) in [6.45, 7) is 9.28. The van der Waals surface area contributed by atoms with Crippen molar-refractivity contribution in [3.05, 3.63) is 72.4 Å². The lowest BCUT2D eigenvalue weighted by Gasteiger charge is -2.36. The van der Waals surface area contributed by atoms with Gasteiger partial charge in [-0.1, -0.05) is 66.8 Å². The number of imide groups is 1. The van der Waals surface area contributed by atoms with Crippen molar-refractivity contribution in [2.24, 2.45) is 11.8 Å². The average molecular weight is 484 g/mol. The molecule has 184 valence electrons. The van der Waals surface area contributed by atoms with Crippen molar-refractivity contribution in [1.29, 1.82) is 0 Å². The van der Waals surface area contributed by atoms with Gasteiger partial charge in [-0.05, 0) is 44.1 Å². The lowest BCUT2D eigenvalue weighted by Crippen LogP contribution is -2.40. The van der Waals surface area contributed by atoms with Crippen LogP contribution in [0.5, 0.6) is 0 Å². The van der Waals surface area contributed by atoms with Crippen LogP contribution in [0, 0.1) is 11.8 Å². The number of amides is 3. The molecule has 4 atom stereocenters. The number of hydrogen-bond acceptors (Lipinski definition) is 3. The standard InChI is InChI=1S/C27H37N3O3S/c1-6-7-9-12-20(2)24(22-15-17-29(18-16-22)34(5)33)19-25(31)30-26(21(3)28(4)27(30)32)23-13-10-8-11-14-23/h6-14,21-22,24,26H,1,15-19H2,2-5H3/b9-7-,20-12+. The van der Waals surface area contributed by atoms with E-state index in [2.05, 4.69) is 13.5 Å². The third-order valence-electron chi connectivity index (χ3n) is 7.28. The van der Waals surface area contributed by atoms with E-state index in [9.17, 15) is 13.8 Å². The summed E-state index contributed by atoms with van der Waals surface area (Å²) in [6.07, 6.45) is 11.3. The van der Waals surface area contributed by atoms with E-state index in [0.29, 0.717) is 5.92 Å². The summed E-state index contributed by atoms with van der Waals surface area (Å²) in [4.78, 5) is 30.0. The minimum Gasteiger partial charge on any atom is -0.322 e. The molecule has 2 heterocycles. The van der Waals surface area contributed by atoms with Gasteiger partial charge in [-0.25, -0.2) is 13.3 Å². The number of nitrogens with zero attached hydrogens (tertiary/aromatic N) is 3. The van der Waals surface area contributed by atoms with Crippen molar-refractivity contribution < 1.29 is 13.8 Å². The molecule has 6 nitrogen and oxygen atoms in total. The van der Waals surface area contributed by atoms with Crippen LogP contribution in [0.25, 0.3) is 0 Å². The van der Waals surface area contributed by atoms with Crippen molar-refractivity contribution in [2.45, 2.75) is 45.2 Å². The first-order valence-corrected chi connectivity index (χ1v) is 13.5. The van der Waals surface area contributed by atoms with Gasteiger partial charge in [0.15, 0.2) is 0 Å². The van der Waals surface area contributed by atoms with E-state index in [1.807, 2.05) is 59.8 Å². The summed E-state index contributed by atoms with van der Waals surface area (Å²) in [7, 11) is 0.786. The highest BCUT2D eigenvalue weighted by molar-refractivity contribution is 7.81. The summed E-state index contributed by atoms with van der Waals surface area (Å²) in [5, 5.41) is 0. The van der Waals surface area contributed by atoms with Crippen molar-refractivity contribution in [3.63, 3.8) is 0 Å². The third kappa shape index (κ3) is 5.76. The highest BCUT2D eigenvalue weighted by Gasteiger charge is 2.46. The Kier molecular flexibility index (Phi) is 9.03. The zero-order valence-corrected chi connectivity index (χ0v) is 21.5. The molecule has 0 saturated carbocycles. The molecular weight excluding hydrogens is 446 g/mol. The lowest BCUT2D eigenvalue weighted by atomic mass is 9.78. The SMILES string of the molecule is C=C/C=C\C=C(/C)C(CC(=O)N1C(=O)N(C)C(C)C1c1ccccc1)C1CCN(S(C)=O)CC1.